The second-order valence-electron chi connectivity index (χ2n) is 8.67. The van der Waals surface area contributed by atoms with Crippen LogP contribution in [0.1, 0.15) is 45.6 Å². The maximum Gasteiger partial charge on any atom is 0.315 e. The number of urea groups is 1. The number of methoxy groups -OCH3 is 3. The van der Waals surface area contributed by atoms with Crippen molar-refractivity contribution in [2.75, 3.05) is 34.5 Å². The third-order valence-electron chi connectivity index (χ3n) is 5.27. The van der Waals surface area contributed by atoms with E-state index in [0.717, 1.165) is 0 Å². The van der Waals surface area contributed by atoms with Gasteiger partial charge in [0.05, 0.1) is 20.3 Å². The van der Waals surface area contributed by atoms with Gasteiger partial charge in [-0.15, -0.1) is 0 Å². The number of Topliss-reactive ketones (excluding diaryl/α,β-unsaturated/α-hetero) is 1. The van der Waals surface area contributed by atoms with E-state index in [9.17, 15) is 19.2 Å². The second-order valence-corrected chi connectivity index (χ2v) is 8.67. The maximum atomic E-state index is 12.9. The molecule has 2 unspecified atom stereocenters. The summed E-state index contributed by atoms with van der Waals surface area (Å²) in [6.07, 6.45) is 1.21. The number of ether oxygens (including phenoxy) is 3. The predicted octanol–water partition coefficient (Wildman–Crippen LogP) is 1.53. The summed E-state index contributed by atoms with van der Waals surface area (Å²) >= 11 is 0. The quantitative estimate of drug-likeness (QED) is 0.196. The normalized spacial score (nSPS) is 12.3. The summed E-state index contributed by atoms with van der Waals surface area (Å²) in [5.74, 6) is -0.916. The van der Waals surface area contributed by atoms with E-state index in [-0.39, 0.29) is 18.9 Å². The predicted molar refractivity (Wildman–Crippen MR) is 135 cm³/mol. The lowest BCUT2D eigenvalue weighted by Crippen LogP contribution is -2.55. The number of rotatable bonds is 16. The van der Waals surface area contributed by atoms with Gasteiger partial charge in [-0.2, -0.15) is 0 Å². The third kappa shape index (κ3) is 10.9. The lowest BCUT2D eigenvalue weighted by atomic mass is 10.0. The molecule has 0 aliphatic rings. The van der Waals surface area contributed by atoms with Gasteiger partial charge in [0.25, 0.3) is 5.91 Å². The van der Waals surface area contributed by atoms with Crippen molar-refractivity contribution in [2.24, 2.45) is 5.92 Å². The fourth-order valence-electron chi connectivity index (χ4n) is 3.35. The molecule has 4 amide bonds. The van der Waals surface area contributed by atoms with Crippen LogP contribution in [0, 0.1) is 5.92 Å². The van der Waals surface area contributed by atoms with Crippen molar-refractivity contribution in [2.45, 2.75) is 58.7 Å². The van der Waals surface area contributed by atoms with Crippen LogP contribution in [0.15, 0.2) is 18.2 Å². The van der Waals surface area contributed by atoms with E-state index in [1.54, 1.807) is 32.2 Å². The molecule has 0 aromatic heterocycles. The van der Waals surface area contributed by atoms with E-state index >= 15 is 0 Å². The van der Waals surface area contributed by atoms with Crippen molar-refractivity contribution in [3.8, 4) is 11.5 Å². The van der Waals surface area contributed by atoms with Crippen LogP contribution < -0.4 is 30.7 Å². The van der Waals surface area contributed by atoms with E-state index in [0.29, 0.717) is 43.1 Å². The van der Waals surface area contributed by atoms with Gasteiger partial charge in [0.2, 0.25) is 11.7 Å². The number of carbonyl (C=O) groups is 4. The van der Waals surface area contributed by atoms with Crippen LogP contribution in [0.3, 0.4) is 0 Å². The molecule has 0 saturated carbocycles. The fraction of sp³-hybridized carbons (Fsp3) is 0.600. The summed E-state index contributed by atoms with van der Waals surface area (Å²) in [7, 11) is 4.61. The first-order valence-electron chi connectivity index (χ1n) is 12.0. The molecule has 202 valence electrons. The van der Waals surface area contributed by atoms with Crippen molar-refractivity contribution in [1.29, 1.82) is 0 Å². The van der Waals surface area contributed by atoms with Crippen LogP contribution in [0.25, 0.3) is 0 Å². The van der Waals surface area contributed by atoms with Gasteiger partial charge >= 0.3 is 6.03 Å². The highest BCUT2D eigenvalue weighted by atomic mass is 16.5. The number of benzene rings is 1. The molecule has 0 radical (unpaired) electrons. The molecule has 0 heterocycles. The Morgan fingerprint density at radius 1 is 0.889 bits per heavy atom. The standard InChI is InChI=1S/C25H40N4O7/c1-7-20(22(30)24(32)27-15-17-12-18(35-5)14-19(13-17)36-6)28-23(31)21(11-16(2)3)29-25(33)26-9-8-10-34-4/h12-14,16,20-21H,7-11,15H2,1-6H3,(H,27,32)(H,28,31)(H2,26,29,33). The Morgan fingerprint density at radius 2 is 1.53 bits per heavy atom. The van der Waals surface area contributed by atoms with Gasteiger partial charge in [0.15, 0.2) is 0 Å². The van der Waals surface area contributed by atoms with E-state index < -0.39 is 35.7 Å². The number of ketones is 1. The largest absolute Gasteiger partial charge is 0.497 e. The Bertz CT molecular complexity index is 854. The summed E-state index contributed by atoms with van der Waals surface area (Å²) in [6, 6.07) is 2.75. The van der Waals surface area contributed by atoms with Crippen molar-refractivity contribution in [3.63, 3.8) is 0 Å². The molecule has 1 rings (SSSR count). The summed E-state index contributed by atoms with van der Waals surface area (Å²) in [5.41, 5.74) is 0.683. The van der Waals surface area contributed by atoms with Crippen LogP contribution >= 0.6 is 0 Å². The molecule has 0 aliphatic carbocycles. The van der Waals surface area contributed by atoms with Crippen LogP contribution in [-0.2, 0) is 25.7 Å². The molecule has 36 heavy (non-hydrogen) atoms. The average molecular weight is 509 g/mol. The first-order valence-corrected chi connectivity index (χ1v) is 12.0. The summed E-state index contributed by atoms with van der Waals surface area (Å²) in [6.45, 7) is 6.50. The van der Waals surface area contributed by atoms with E-state index in [4.69, 9.17) is 14.2 Å². The Kier molecular flexibility index (Phi) is 13.9. The number of carbonyl (C=O) groups excluding carboxylic acids is 4. The number of hydrogen-bond acceptors (Lipinski definition) is 7. The molecule has 2 atom stereocenters. The summed E-state index contributed by atoms with van der Waals surface area (Å²) in [5, 5.41) is 10.5. The Morgan fingerprint density at radius 3 is 2.06 bits per heavy atom. The minimum Gasteiger partial charge on any atom is -0.497 e. The molecule has 1 aromatic rings. The van der Waals surface area contributed by atoms with Crippen molar-refractivity contribution in [1.82, 2.24) is 21.3 Å². The number of hydrogen-bond donors (Lipinski definition) is 4. The van der Waals surface area contributed by atoms with E-state index in [1.165, 1.54) is 14.2 Å². The third-order valence-corrected chi connectivity index (χ3v) is 5.27. The Balaban J connectivity index is 2.75. The highest BCUT2D eigenvalue weighted by Crippen LogP contribution is 2.22. The van der Waals surface area contributed by atoms with Gasteiger partial charge in [0.1, 0.15) is 17.5 Å². The zero-order chi connectivity index (χ0) is 27.1. The van der Waals surface area contributed by atoms with Gasteiger partial charge in [-0.3, -0.25) is 14.4 Å². The lowest BCUT2D eigenvalue weighted by molar-refractivity contribution is -0.140. The van der Waals surface area contributed by atoms with Crippen LogP contribution in [0.2, 0.25) is 0 Å². The van der Waals surface area contributed by atoms with Crippen LogP contribution in [0.5, 0.6) is 11.5 Å². The number of nitrogens with one attached hydrogen (secondary N) is 4. The molecular weight excluding hydrogens is 468 g/mol. The first-order chi connectivity index (χ1) is 17.1. The molecular formula is C25H40N4O7. The molecule has 0 spiro atoms. The molecule has 11 nitrogen and oxygen atoms in total. The van der Waals surface area contributed by atoms with Crippen LogP contribution in [-0.4, -0.2) is 70.2 Å². The fourth-order valence-corrected chi connectivity index (χ4v) is 3.35. The zero-order valence-corrected chi connectivity index (χ0v) is 22.1. The van der Waals surface area contributed by atoms with Crippen molar-refractivity contribution in [3.05, 3.63) is 23.8 Å². The van der Waals surface area contributed by atoms with Crippen molar-refractivity contribution < 1.29 is 33.4 Å². The monoisotopic (exact) mass is 508 g/mol. The van der Waals surface area contributed by atoms with Gasteiger partial charge in [-0.1, -0.05) is 20.8 Å². The lowest BCUT2D eigenvalue weighted by Gasteiger charge is -2.23. The zero-order valence-electron chi connectivity index (χ0n) is 22.1. The molecule has 4 N–H and O–H groups in total. The average Bonchev–Trinajstić information content (AvgIpc) is 2.86. The van der Waals surface area contributed by atoms with Gasteiger partial charge in [0, 0.05) is 32.9 Å². The highest BCUT2D eigenvalue weighted by Gasteiger charge is 2.29. The summed E-state index contributed by atoms with van der Waals surface area (Å²) < 4.78 is 15.4. The van der Waals surface area contributed by atoms with E-state index in [2.05, 4.69) is 21.3 Å². The van der Waals surface area contributed by atoms with Gasteiger partial charge in [-0.25, -0.2) is 4.79 Å². The number of amides is 4. The van der Waals surface area contributed by atoms with E-state index in [1.807, 2.05) is 13.8 Å². The maximum absolute atomic E-state index is 12.9. The molecule has 11 heteroatoms. The minimum atomic E-state index is -1.03. The SMILES string of the molecule is CCC(NC(=O)C(CC(C)C)NC(=O)NCCCOC)C(=O)C(=O)NCc1cc(OC)cc(OC)c1. The van der Waals surface area contributed by atoms with Gasteiger partial charge in [-0.05, 0) is 42.9 Å². The first kappa shape index (κ1) is 30.7. The molecule has 0 saturated heterocycles. The molecule has 0 aliphatic heterocycles. The van der Waals surface area contributed by atoms with Crippen LogP contribution in [0.4, 0.5) is 4.79 Å². The summed E-state index contributed by atoms with van der Waals surface area (Å²) in [4.78, 5) is 50.4. The highest BCUT2D eigenvalue weighted by molar-refractivity contribution is 6.38. The second kappa shape index (κ2) is 16.4. The topological polar surface area (TPSA) is 144 Å². The Labute approximate surface area is 213 Å². The molecule has 0 bridgehead atoms. The Hall–Kier alpha value is -3.34. The molecule has 1 aromatic carbocycles. The molecule has 0 fully saturated rings. The van der Waals surface area contributed by atoms with Crippen molar-refractivity contribution >= 4 is 23.6 Å². The smallest absolute Gasteiger partial charge is 0.315 e. The van der Waals surface area contributed by atoms with Gasteiger partial charge < -0.3 is 35.5 Å². The minimum absolute atomic E-state index is 0.0727.